The van der Waals surface area contributed by atoms with Crippen LogP contribution in [-0.4, -0.2) is 17.9 Å². The van der Waals surface area contributed by atoms with Crippen molar-refractivity contribution < 1.29 is 9.59 Å². The molecular formula is C14H17N3O2S. The normalized spacial score (nSPS) is 12.3. The standard InChI is InChI=1S/C14H17N3O2S/c1-7-3-4-9-10(5-7)20-13(12(9)16)14(19)17-8(2)6-11(15)18/h3-5,8H,6,16H2,1-2H3,(H2,15,18)(H,17,19). The van der Waals surface area contributed by atoms with Crippen molar-refractivity contribution in [1.29, 1.82) is 0 Å². The molecule has 2 aromatic rings. The van der Waals surface area contributed by atoms with Crippen molar-refractivity contribution in [3.05, 3.63) is 28.6 Å². The van der Waals surface area contributed by atoms with Gasteiger partial charge >= 0.3 is 0 Å². The van der Waals surface area contributed by atoms with E-state index >= 15 is 0 Å². The first-order chi connectivity index (χ1) is 9.38. The Labute approximate surface area is 120 Å². The third-order valence-electron chi connectivity index (χ3n) is 2.98. The second-order valence-electron chi connectivity index (χ2n) is 4.89. The first kappa shape index (κ1) is 14.3. The molecule has 0 fully saturated rings. The molecule has 5 nitrogen and oxygen atoms in total. The Morgan fingerprint density at radius 3 is 2.75 bits per heavy atom. The molecule has 2 amide bonds. The van der Waals surface area contributed by atoms with Gasteiger partial charge < -0.3 is 16.8 Å². The van der Waals surface area contributed by atoms with E-state index in [0.29, 0.717) is 10.6 Å². The van der Waals surface area contributed by atoms with Gasteiger partial charge in [0.25, 0.3) is 5.91 Å². The molecule has 5 N–H and O–H groups in total. The molecule has 1 heterocycles. The van der Waals surface area contributed by atoms with Crippen LogP contribution in [0, 0.1) is 6.92 Å². The topological polar surface area (TPSA) is 98.2 Å². The van der Waals surface area contributed by atoms with Gasteiger partial charge in [-0.2, -0.15) is 0 Å². The van der Waals surface area contributed by atoms with Gasteiger partial charge in [-0.3, -0.25) is 9.59 Å². The highest BCUT2D eigenvalue weighted by Crippen LogP contribution is 2.34. The van der Waals surface area contributed by atoms with Crippen LogP contribution in [0.1, 0.15) is 28.6 Å². The zero-order valence-corrected chi connectivity index (χ0v) is 12.2. The van der Waals surface area contributed by atoms with Gasteiger partial charge in [-0.05, 0) is 25.5 Å². The number of anilines is 1. The lowest BCUT2D eigenvalue weighted by molar-refractivity contribution is -0.118. The summed E-state index contributed by atoms with van der Waals surface area (Å²) in [6.07, 6.45) is 0.107. The van der Waals surface area contributed by atoms with Crippen molar-refractivity contribution >= 4 is 38.9 Å². The Kier molecular flexibility index (Phi) is 3.94. The summed E-state index contributed by atoms with van der Waals surface area (Å²) in [6, 6.07) is 5.56. The average molecular weight is 291 g/mol. The van der Waals surface area contributed by atoms with Crippen LogP contribution >= 0.6 is 11.3 Å². The lowest BCUT2D eigenvalue weighted by atomic mass is 10.1. The molecule has 0 radical (unpaired) electrons. The Balaban J connectivity index is 2.26. The third-order valence-corrected chi connectivity index (χ3v) is 4.14. The molecule has 0 aliphatic rings. The molecule has 1 atom stereocenters. The van der Waals surface area contributed by atoms with Crippen molar-refractivity contribution in [3.63, 3.8) is 0 Å². The molecule has 0 saturated carbocycles. The molecule has 0 aliphatic carbocycles. The first-order valence-corrected chi connectivity index (χ1v) is 7.08. The van der Waals surface area contributed by atoms with Crippen LogP contribution in [0.15, 0.2) is 18.2 Å². The monoisotopic (exact) mass is 291 g/mol. The van der Waals surface area contributed by atoms with Gasteiger partial charge in [-0.15, -0.1) is 11.3 Å². The van der Waals surface area contributed by atoms with Crippen LogP contribution in [-0.2, 0) is 4.79 Å². The fourth-order valence-corrected chi connectivity index (χ4v) is 3.16. The summed E-state index contributed by atoms with van der Waals surface area (Å²) in [4.78, 5) is 23.5. The number of nitrogens with one attached hydrogen (secondary N) is 1. The van der Waals surface area contributed by atoms with Crippen LogP contribution < -0.4 is 16.8 Å². The lowest BCUT2D eigenvalue weighted by Crippen LogP contribution is -2.35. The van der Waals surface area contributed by atoms with Gasteiger partial charge in [0.2, 0.25) is 5.91 Å². The Morgan fingerprint density at radius 2 is 2.10 bits per heavy atom. The molecule has 0 bridgehead atoms. The highest BCUT2D eigenvalue weighted by molar-refractivity contribution is 7.21. The van der Waals surface area contributed by atoms with E-state index in [1.807, 2.05) is 25.1 Å². The molecule has 0 saturated heterocycles. The second kappa shape index (κ2) is 5.50. The summed E-state index contributed by atoms with van der Waals surface area (Å²) in [7, 11) is 0. The predicted molar refractivity (Wildman–Crippen MR) is 81.7 cm³/mol. The fraction of sp³-hybridized carbons (Fsp3) is 0.286. The quantitative estimate of drug-likeness (QED) is 0.800. The number of hydrogen-bond acceptors (Lipinski definition) is 4. The number of thiophene rings is 1. The average Bonchev–Trinajstić information content (AvgIpc) is 2.65. The molecule has 0 spiro atoms. The minimum atomic E-state index is -0.447. The zero-order chi connectivity index (χ0) is 14.9. The highest BCUT2D eigenvalue weighted by atomic mass is 32.1. The molecular weight excluding hydrogens is 274 g/mol. The number of carbonyl (C=O) groups is 2. The van der Waals surface area contributed by atoms with E-state index in [2.05, 4.69) is 5.32 Å². The van der Waals surface area contributed by atoms with E-state index in [4.69, 9.17) is 11.5 Å². The van der Waals surface area contributed by atoms with Crippen LogP contribution in [0.5, 0.6) is 0 Å². The van der Waals surface area contributed by atoms with Crippen molar-refractivity contribution in [1.82, 2.24) is 5.32 Å². The van der Waals surface area contributed by atoms with Gasteiger partial charge in [-0.1, -0.05) is 12.1 Å². The molecule has 1 aromatic heterocycles. The minimum absolute atomic E-state index is 0.107. The predicted octanol–water partition coefficient (Wildman–Crippen LogP) is 1.79. The Hall–Kier alpha value is -2.08. The van der Waals surface area contributed by atoms with Crippen LogP contribution in [0.3, 0.4) is 0 Å². The Bertz CT molecular complexity index is 678. The number of rotatable bonds is 4. The number of hydrogen-bond donors (Lipinski definition) is 3. The molecule has 1 unspecified atom stereocenters. The van der Waals surface area contributed by atoms with E-state index in [0.717, 1.165) is 15.6 Å². The Morgan fingerprint density at radius 1 is 1.40 bits per heavy atom. The number of aryl methyl sites for hydroxylation is 1. The highest BCUT2D eigenvalue weighted by Gasteiger charge is 2.18. The maximum Gasteiger partial charge on any atom is 0.263 e. The summed E-state index contributed by atoms with van der Waals surface area (Å²) in [5.41, 5.74) is 12.7. The third kappa shape index (κ3) is 2.91. The van der Waals surface area contributed by atoms with Gasteiger partial charge in [0.1, 0.15) is 4.88 Å². The van der Waals surface area contributed by atoms with Crippen LogP contribution in [0.2, 0.25) is 0 Å². The lowest BCUT2D eigenvalue weighted by Gasteiger charge is -2.11. The van der Waals surface area contributed by atoms with Crippen molar-refractivity contribution in [3.8, 4) is 0 Å². The van der Waals surface area contributed by atoms with Crippen molar-refractivity contribution in [2.45, 2.75) is 26.3 Å². The van der Waals surface area contributed by atoms with Crippen molar-refractivity contribution in [2.24, 2.45) is 5.73 Å². The first-order valence-electron chi connectivity index (χ1n) is 6.26. The number of carbonyl (C=O) groups excluding carboxylic acids is 2. The maximum atomic E-state index is 12.2. The van der Waals surface area contributed by atoms with Gasteiger partial charge in [0, 0.05) is 22.5 Å². The van der Waals surface area contributed by atoms with E-state index in [-0.39, 0.29) is 18.4 Å². The smallest absolute Gasteiger partial charge is 0.263 e. The minimum Gasteiger partial charge on any atom is -0.397 e. The van der Waals surface area contributed by atoms with Gasteiger partial charge in [0.15, 0.2) is 0 Å². The number of nitrogens with two attached hydrogens (primary N) is 2. The summed E-state index contributed by atoms with van der Waals surface area (Å²) in [6.45, 7) is 3.72. The summed E-state index contributed by atoms with van der Waals surface area (Å²) >= 11 is 1.35. The second-order valence-corrected chi connectivity index (χ2v) is 5.94. The van der Waals surface area contributed by atoms with Crippen molar-refractivity contribution in [2.75, 3.05) is 5.73 Å². The number of fused-ring (bicyclic) bond motifs is 1. The zero-order valence-electron chi connectivity index (χ0n) is 11.4. The number of benzene rings is 1. The molecule has 6 heteroatoms. The SMILES string of the molecule is Cc1ccc2c(N)c(C(=O)NC(C)CC(N)=O)sc2c1. The summed E-state index contributed by atoms with van der Waals surface area (Å²) < 4.78 is 0.982. The number of nitrogen functional groups attached to an aromatic ring is 1. The number of primary amides is 1. The number of amides is 2. The van der Waals surface area contributed by atoms with E-state index in [9.17, 15) is 9.59 Å². The van der Waals surface area contributed by atoms with E-state index < -0.39 is 5.91 Å². The molecule has 0 aliphatic heterocycles. The fourth-order valence-electron chi connectivity index (χ4n) is 2.03. The molecule has 106 valence electrons. The molecule has 1 aromatic carbocycles. The summed E-state index contributed by atoms with van der Waals surface area (Å²) in [5, 5.41) is 3.62. The summed E-state index contributed by atoms with van der Waals surface area (Å²) in [5.74, 6) is -0.715. The largest absolute Gasteiger partial charge is 0.397 e. The maximum absolute atomic E-state index is 12.2. The molecule has 20 heavy (non-hydrogen) atoms. The van der Waals surface area contributed by atoms with E-state index in [1.165, 1.54) is 11.3 Å². The van der Waals surface area contributed by atoms with Gasteiger partial charge in [-0.25, -0.2) is 0 Å². The molecule has 2 rings (SSSR count). The van der Waals surface area contributed by atoms with Gasteiger partial charge in [0.05, 0.1) is 5.69 Å². The van der Waals surface area contributed by atoms with Crippen LogP contribution in [0.4, 0.5) is 5.69 Å². The van der Waals surface area contributed by atoms with Crippen LogP contribution in [0.25, 0.3) is 10.1 Å². The van der Waals surface area contributed by atoms with E-state index in [1.54, 1.807) is 6.92 Å².